The summed E-state index contributed by atoms with van der Waals surface area (Å²) in [6.07, 6.45) is 0. The number of rotatable bonds is 4. The minimum absolute atomic E-state index is 0. The van der Waals surface area contributed by atoms with Crippen molar-refractivity contribution in [3.05, 3.63) is 52.5 Å². The van der Waals surface area contributed by atoms with Gasteiger partial charge in [-0.15, -0.1) is 0 Å². The summed E-state index contributed by atoms with van der Waals surface area (Å²) in [6.45, 7) is 5.16. The molecule has 1 N–H and O–H groups in total. The van der Waals surface area contributed by atoms with E-state index in [9.17, 15) is 0 Å². The minimum atomic E-state index is 0. The van der Waals surface area contributed by atoms with Crippen LogP contribution >= 0.6 is 23.2 Å². The molecular weight excluding hydrogens is 365 g/mol. The standard InChI is InChI=1S/C18H17Cl2N3.ClH/c1-11(2)10-21-17-14-5-3-4-6-16(14)22-18(23-17)13-8-7-12(19)9-15(13)20;/h3-9,11H,10H2,1-2H3,(H,21,22,23);1H/p-1. The summed E-state index contributed by atoms with van der Waals surface area (Å²) in [6, 6.07) is 13.3. The van der Waals surface area contributed by atoms with Crippen LogP contribution in [0, 0.1) is 5.92 Å². The molecule has 0 saturated carbocycles. The van der Waals surface area contributed by atoms with Gasteiger partial charge in [0.25, 0.3) is 0 Å². The second kappa shape index (κ2) is 8.02. The number of aromatic nitrogens is 2. The fourth-order valence-corrected chi connectivity index (χ4v) is 2.80. The summed E-state index contributed by atoms with van der Waals surface area (Å²) in [7, 11) is 0. The van der Waals surface area contributed by atoms with Crippen molar-refractivity contribution < 1.29 is 12.4 Å². The van der Waals surface area contributed by atoms with Gasteiger partial charge in [0.1, 0.15) is 5.82 Å². The van der Waals surface area contributed by atoms with E-state index >= 15 is 0 Å². The topological polar surface area (TPSA) is 37.8 Å². The summed E-state index contributed by atoms with van der Waals surface area (Å²) < 4.78 is 0. The Morgan fingerprint density at radius 3 is 2.50 bits per heavy atom. The monoisotopic (exact) mass is 380 g/mol. The number of para-hydroxylation sites is 1. The third-order valence-electron chi connectivity index (χ3n) is 3.45. The van der Waals surface area contributed by atoms with E-state index in [2.05, 4.69) is 29.1 Å². The molecule has 3 aromatic rings. The first-order chi connectivity index (χ1) is 11.0. The van der Waals surface area contributed by atoms with Crippen LogP contribution in [0.15, 0.2) is 42.5 Å². The SMILES string of the molecule is CC(C)CNc1nc(-c2ccc(Cl)cc2Cl)nc2ccccc12.[Cl-]. The van der Waals surface area contributed by atoms with Gasteiger partial charge in [-0.25, -0.2) is 9.97 Å². The molecule has 3 nitrogen and oxygen atoms in total. The zero-order chi connectivity index (χ0) is 16.4. The van der Waals surface area contributed by atoms with Crippen molar-refractivity contribution >= 4 is 39.9 Å². The molecular formula is C18H17Cl3N3-. The molecule has 24 heavy (non-hydrogen) atoms. The van der Waals surface area contributed by atoms with Gasteiger partial charge >= 0.3 is 0 Å². The smallest absolute Gasteiger partial charge is 0.163 e. The van der Waals surface area contributed by atoms with Crippen molar-refractivity contribution in [2.24, 2.45) is 5.92 Å². The summed E-state index contributed by atoms with van der Waals surface area (Å²) in [5, 5.41) is 5.55. The van der Waals surface area contributed by atoms with Gasteiger partial charge in [0.15, 0.2) is 5.82 Å². The first kappa shape index (κ1) is 18.8. The second-order valence-corrected chi connectivity index (χ2v) is 6.66. The van der Waals surface area contributed by atoms with Crippen molar-refractivity contribution in [3.8, 4) is 11.4 Å². The van der Waals surface area contributed by atoms with E-state index in [1.807, 2.05) is 30.3 Å². The van der Waals surface area contributed by atoms with E-state index < -0.39 is 0 Å². The van der Waals surface area contributed by atoms with E-state index in [1.165, 1.54) is 0 Å². The number of fused-ring (bicyclic) bond motifs is 1. The van der Waals surface area contributed by atoms with Gasteiger partial charge in [-0.3, -0.25) is 0 Å². The summed E-state index contributed by atoms with van der Waals surface area (Å²) in [4.78, 5) is 9.33. The quantitative estimate of drug-likeness (QED) is 0.755. The molecule has 0 aliphatic rings. The Kier molecular flexibility index (Phi) is 6.27. The molecule has 0 bridgehead atoms. The van der Waals surface area contributed by atoms with E-state index in [-0.39, 0.29) is 12.4 Å². The summed E-state index contributed by atoms with van der Waals surface area (Å²) in [5.74, 6) is 1.94. The Hall–Kier alpha value is -1.55. The number of hydrogen-bond acceptors (Lipinski definition) is 3. The van der Waals surface area contributed by atoms with E-state index in [0.717, 1.165) is 28.8 Å². The molecule has 6 heteroatoms. The molecule has 3 rings (SSSR count). The first-order valence-electron chi connectivity index (χ1n) is 7.50. The molecule has 0 unspecified atom stereocenters. The van der Waals surface area contributed by atoms with E-state index in [1.54, 1.807) is 12.1 Å². The van der Waals surface area contributed by atoms with Crippen molar-refractivity contribution in [3.63, 3.8) is 0 Å². The zero-order valence-electron chi connectivity index (χ0n) is 13.4. The Bertz CT molecular complexity index is 850. The van der Waals surface area contributed by atoms with Gasteiger partial charge in [0, 0.05) is 22.5 Å². The summed E-state index contributed by atoms with van der Waals surface area (Å²) >= 11 is 12.3. The Balaban J connectivity index is 0.00000208. The summed E-state index contributed by atoms with van der Waals surface area (Å²) in [5.41, 5.74) is 1.66. The van der Waals surface area contributed by atoms with Gasteiger partial charge in [-0.05, 0) is 36.2 Å². The van der Waals surface area contributed by atoms with Crippen LogP contribution in [0.3, 0.4) is 0 Å². The molecule has 1 heterocycles. The minimum Gasteiger partial charge on any atom is -1.00 e. The van der Waals surface area contributed by atoms with Gasteiger partial charge < -0.3 is 17.7 Å². The number of hydrogen-bond donors (Lipinski definition) is 1. The predicted octanol–water partition coefficient (Wildman–Crippen LogP) is 2.68. The lowest BCUT2D eigenvalue weighted by Gasteiger charge is -2.13. The van der Waals surface area contributed by atoms with Crippen molar-refractivity contribution in [2.75, 3.05) is 11.9 Å². The molecule has 0 saturated heterocycles. The highest BCUT2D eigenvalue weighted by molar-refractivity contribution is 6.36. The van der Waals surface area contributed by atoms with Crippen LogP contribution in [0.1, 0.15) is 13.8 Å². The van der Waals surface area contributed by atoms with E-state index in [4.69, 9.17) is 23.2 Å². The maximum Gasteiger partial charge on any atom is 0.163 e. The third kappa shape index (κ3) is 4.10. The maximum absolute atomic E-state index is 6.31. The van der Waals surface area contributed by atoms with Crippen molar-refractivity contribution in [1.82, 2.24) is 9.97 Å². The third-order valence-corrected chi connectivity index (χ3v) is 4.00. The average Bonchev–Trinajstić information content (AvgIpc) is 2.52. The number of nitrogens with one attached hydrogen (secondary N) is 1. The van der Waals surface area contributed by atoms with Crippen LogP contribution in [0.25, 0.3) is 22.3 Å². The zero-order valence-corrected chi connectivity index (χ0v) is 15.6. The molecule has 126 valence electrons. The normalized spacial score (nSPS) is 10.7. The predicted molar refractivity (Wildman–Crippen MR) is 98.3 cm³/mol. The van der Waals surface area contributed by atoms with Crippen LogP contribution in [0.5, 0.6) is 0 Å². The van der Waals surface area contributed by atoms with Crippen LogP contribution in [0.4, 0.5) is 5.82 Å². The molecule has 0 spiro atoms. The lowest BCUT2D eigenvalue weighted by molar-refractivity contribution is -0.00000470. The largest absolute Gasteiger partial charge is 1.00 e. The second-order valence-electron chi connectivity index (χ2n) is 5.81. The highest BCUT2D eigenvalue weighted by Gasteiger charge is 2.12. The molecule has 0 radical (unpaired) electrons. The maximum atomic E-state index is 6.31. The van der Waals surface area contributed by atoms with E-state index in [0.29, 0.717) is 21.8 Å². The highest BCUT2D eigenvalue weighted by Crippen LogP contribution is 2.31. The fraction of sp³-hybridized carbons (Fsp3) is 0.222. The molecule has 1 aromatic heterocycles. The van der Waals surface area contributed by atoms with Crippen LogP contribution in [-0.4, -0.2) is 16.5 Å². The first-order valence-corrected chi connectivity index (χ1v) is 8.26. The average molecular weight is 382 g/mol. The Morgan fingerprint density at radius 1 is 1.04 bits per heavy atom. The number of halogens is 3. The highest BCUT2D eigenvalue weighted by atomic mass is 35.5. The van der Waals surface area contributed by atoms with Gasteiger partial charge in [-0.1, -0.05) is 49.2 Å². The van der Waals surface area contributed by atoms with Gasteiger partial charge in [0.2, 0.25) is 0 Å². The number of nitrogens with zero attached hydrogens (tertiary/aromatic N) is 2. The molecule has 2 aromatic carbocycles. The van der Waals surface area contributed by atoms with Gasteiger partial charge in [0.05, 0.1) is 10.5 Å². The lowest BCUT2D eigenvalue weighted by atomic mass is 10.1. The van der Waals surface area contributed by atoms with Crippen molar-refractivity contribution in [2.45, 2.75) is 13.8 Å². The molecule has 0 fully saturated rings. The van der Waals surface area contributed by atoms with Crippen LogP contribution < -0.4 is 17.7 Å². The molecule has 0 atom stereocenters. The fourth-order valence-electron chi connectivity index (χ4n) is 2.30. The van der Waals surface area contributed by atoms with Crippen LogP contribution in [-0.2, 0) is 0 Å². The van der Waals surface area contributed by atoms with Crippen LogP contribution in [0.2, 0.25) is 10.0 Å². The lowest BCUT2D eigenvalue weighted by Crippen LogP contribution is -3.00. The molecule has 0 amide bonds. The number of anilines is 1. The van der Waals surface area contributed by atoms with Crippen molar-refractivity contribution in [1.29, 1.82) is 0 Å². The Labute approximate surface area is 157 Å². The Morgan fingerprint density at radius 2 is 1.79 bits per heavy atom. The number of benzene rings is 2. The van der Waals surface area contributed by atoms with Gasteiger partial charge in [-0.2, -0.15) is 0 Å². The molecule has 0 aliphatic heterocycles. The molecule has 0 aliphatic carbocycles.